The Balaban J connectivity index is 1.19. The van der Waals surface area contributed by atoms with Gasteiger partial charge in [0.05, 0.1) is 5.41 Å². The Morgan fingerprint density at radius 3 is 1.42 bits per heavy atom. The van der Waals surface area contributed by atoms with E-state index in [4.69, 9.17) is 0 Å². The summed E-state index contributed by atoms with van der Waals surface area (Å²) < 4.78 is 0. The highest BCUT2D eigenvalue weighted by Gasteiger charge is 2.51. The van der Waals surface area contributed by atoms with Crippen molar-refractivity contribution in [3.05, 3.63) is 227 Å². The molecule has 0 bridgehead atoms. The highest BCUT2D eigenvalue weighted by atomic mass is 15.1. The first kappa shape index (κ1) is 33.9. The summed E-state index contributed by atoms with van der Waals surface area (Å²) in [7, 11) is 0. The highest BCUT2D eigenvalue weighted by molar-refractivity contribution is 5.97. The SMILES string of the molecule is C=CC=C1/C(=C\C)C(C)(C)c2cc(N(c3ccc4c(c3)-c3ccccc3C4(C)C)c3ccc4c(c3)C3(c5ccccc5-c5ccccc53)c3ccccc3-4)ccc21. The minimum absolute atomic E-state index is 0.0708. The predicted molar refractivity (Wildman–Crippen MR) is 240 cm³/mol. The second-order valence-corrected chi connectivity index (χ2v) is 17.2. The minimum Gasteiger partial charge on any atom is -0.310 e. The number of allylic oxidation sites excluding steroid dienone is 5. The van der Waals surface area contributed by atoms with Crippen molar-refractivity contribution in [3.63, 3.8) is 0 Å². The molecule has 0 aliphatic heterocycles. The van der Waals surface area contributed by atoms with Crippen LogP contribution in [0.1, 0.15) is 79.1 Å². The second-order valence-electron chi connectivity index (χ2n) is 17.2. The van der Waals surface area contributed by atoms with E-state index in [1.54, 1.807) is 0 Å². The fourth-order valence-electron chi connectivity index (χ4n) is 11.4. The first-order chi connectivity index (χ1) is 27.7. The van der Waals surface area contributed by atoms with E-state index in [-0.39, 0.29) is 10.8 Å². The van der Waals surface area contributed by atoms with E-state index in [1.165, 1.54) is 89.0 Å². The maximum Gasteiger partial charge on any atom is 0.0726 e. The minimum atomic E-state index is -0.424. The van der Waals surface area contributed by atoms with Crippen LogP contribution in [0.15, 0.2) is 182 Å². The smallest absolute Gasteiger partial charge is 0.0726 e. The van der Waals surface area contributed by atoms with Crippen LogP contribution in [0, 0.1) is 0 Å². The summed E-state index contributed by atoms with van der Waals surface area (Å²) in [6.07, 6.45) is 6.38. The van der Waals surface area contributed by atoms with Gasteiger partial charge in [-0.25, -0.2) is 0 Å². The van der Waals surface area contributed by atoms with E-state index in [1.807, 2.05) is 6.08 Å². The molecule has 7 aromatic rings. The number of rotatable bonds is 4. The monoisotopic (exact) mass is 731 g/mol. The van der Waals surface area contributed by atoms with E-state index in [2.05, 4.69) is 210 Å². The van der Waals surface area contributed by atoms with Crippen LogP contribution in [-0.4, -0.2) is 0 Å². The molecular formula is C56H45N. The molecule has 0 amide bonds. The van der Waals surface area contributed by atoms with Crippen LogP contribution in [0.25, 0.3) is 39.0 Å². The van der Waals surface area contributed by atoms with Gasteiger partial charge < -0.3 is 4.90 Å². The molecular weight excluding hydrogens is 687 g/mol. The number of nitrogens with zero attached hydrogens (tertiary/aromatic N) is 1. The Hall–Kier alpha value is -6.44. The molecule has 274 valence electrons. The summed E-state index contributed by atoms with van der Waals surface area (Å²) in [6, 6.07) is 57.7. The van der Waals surface area contributed by atoms with Crippen molar-refractivity contribution in [2.75, 3.05) is 4.90 Å². The van der Waals surface area contributed by atoms with Crippen LogP contribution in [0.4, 0.5) is 17.1 Å². The van der Waals surface area contributed by atoms with Crippen molar-refractivity contribution in [1.29, 1.82) is 0 Å². The van der Waals surface area contributed by atoms with Crippen LogP contribution >= 0.6 is 0 Å². The Morgan fingerprint density at radius 2 is 0.860 bits per heavy atom. The van der Waals surface area contributed by atoms with Crippen LogP contribution in [-0.2, 0) is 16.2 Å². The van der Waals surface area contributed by atoms with Gasteiger partial charge in [0.2, 0.25) is 0 Å². The fourth-order valence-corrected chi connectivity index (χ4v) is 11.4. The zero-order valence-corrected chi connectivity index (χ0v) is 33.3. The number of anilines is 3. The molecule has 0 N–H and O–H groups in total. The molecule has 0 saturated heterocycles. The Labute approximate surface area is 337 Å². The zero-order valence-electron chi connectivity index (χ0n) is 33.3. The molecule has 0 aromatic heterocycles. The molecule has 0 saturated carbocycles. The summed E-state index contributed by atoms with van der Waals surface area (Å²) in [6.45, 7) is 15.7. The Bertz CT molecular complexity index is 2880. The fraction of sp³-hybridized carbons (Fsp3) is 0.143. The van der Waals surface area contributed by atoms with Gasteiger partial charge in [0.15, 0.2) is 0 Å². The number of fused-ring (bicyclic) bond motifs is 14. The van der Waals surface area contributed by atoms with Crippen LogP contribution in [0.2, 0.25) is 0 Å². The lowest BCUT2D eigenvalue weighted by atomic mass is 9.70. The Morgan fingerprint density at radius 1 is 0.421 bits per heavy atom. The normalized spacial score (nSPS) is 17.8. The summed E-state index contributed by atoms with van der Waals surface area (Å²) in [4.78, 5) is 2.51. The molecule has 0 radical (unpaired) electrons. The van der Waals surface area contributed by atoms with Crippen molar-refractivity contribution >= 4 is 22.6 Å². The summed E-state index contributed by atoms with van der Waals surface area (Å²) in [5, 5.41) is 0. The van der Waals surface area contributed by atoms with Gasteiger partial charge >= 0.3 is 0 Å². The number of benzene rings is 7. The van der Waals surface area contributed by atoms with Crippen molar-refractivity contribution < 1.29 is 0 Å². The lowest BCUT2D eigenvalue weighted by Crippen LogP contribution is -2.26. The number of hydrogen-bond acceptors (Lipinski definition) is 1. The summed E-state index contributed by atoms with van der Waals surface area (Å²) >= 11 is 0. The molecule has 0 atom stereocenters. The van der Waals surface area contributed by atoms with E-state index in [0.717, 1.165) is 17.1 Å². The molecule has 0 unspecified atom stereocenters. The maximum atomic E-state index is 4.08. The maximum absolute atomic E-state index is 4.08. The quantitative estimate of drug-likeness (QED) is 0.174. The van der Waals surface area contributed by atoms with E-state index < -0.39 is 5.41 Å². The lowest BCUT2D eigenvalue weighted by molar-refractivity contribution is 0.659. The van der Waals surface area contributed by atoms with Crippen molar-refractivity contribution in [2.24, 2.45) is 0 Å². The topological polar surface area (TPSA) is 3.24 Å². The van der Waals surface area contributed by atoms with Crippen molar-refractivity contribution in [1.82, 2.24) is 0 Å². The Kier molecular flexibility index (Phi) is 7.00. The standard InChI is InChI=1S/C56H45N/c1-7-17-38-43-29-26-36(33-52(43)54(3,4)46(38)8-2)57(35-28-31-48-45(32-35)42-21-9-13-22-47(42)55(48,5)6)37-27-30-44-41-20-12-16-25-51(41)56(53(44)34-37)49-23-14-10-18-39(49)40-19-11-15-24-50(40)56/h7-34H,1H2,2-6H3/b38-17?,46-8+. The van der Waals surface area contributed by atoms with Crippen LogP contribution in [0.5, 0.6) is 0 Å². The highest BCUT2D eigenvalue weighted by Crippen LogP contribution is 2.63. The molecule has 0 fully saturated rings. The lowest BCUT2D eigenvalue weighted by Gasteiger charge is -2.33. The van der Waals surface area contributed by atoms with Gasteiger partial charge in [0.25, 0.3) is 0 Å². The first-order valence-corrected chi connectivity index (χ1v) is 20.3. The average molecular weight is 732 g/mol. The number of hydrogen-bond donors (Lipinski definition) is 0. The van der Waals surface area contributed by atoms with Gasteiger partial charge in [-0.1, -0.05) is 168 Å². The second kappa shape index (κ2) is 11.8. The van der Waals surface area contributed by atoms with Crippen LogP contribution < -0.4 is 4.90 Å². The third-order valence-corrected chi connectivity index (χ3v) is 13.8. The molecule has 1 nitrogen and oxygen atoms in total. The average Bonchev–Trinajstić information content (AvgIpc) is 3.86. The third kappa shape index (κ3) is 4.29. The third-order valence-electron chi connectivity index (χ3n) is 13.8. The molecule has 7 aromatic carbocycles. The van der Waals surface area contributed by atoms with Gasteiger partial charge in [-0.05, 0) is 132 Å². The summed E-state index contributed by atoms with van der Waals surface area (Å²) in [5.41, 5.74) is 24.1. The predicted octanol–water partition coefficient (Wildman–Crippen LogP) is 14.6. The van der Waals surface area contributed by atoms with Gasteiger partial charge in [-0.2, -0.15) is 0 Å². The molecule has 11 rings (SSSR count). The van der Waals surface area contributed by atoms with E-state index in [0.29, 0.717) is 0 Å². The molecule has 4 aliphatic rings. The molecule has 1 spiro atoms. The molecule has 4 aliphatic carbocycles. The van der Waals surface area contributed by atoms with E-state index in [9.17, 15) is 0 Å². The largest absolute Gasteiger partial charge is 0.310 e. The van der Waals surface area contributed by atoms with Gasteiger partial charge in [-0.15, -0.1) is 0 Å². The zero-order chi connectivity index (χ0) is 38.8. The van der Waals surface area contributed by atoms with Gasteiger partial charge in [-0.3, -0.25) is 0 Å². The van der Waals surface area contributed by atoms with Crippen molar-refractivity contribution in [2.45, 2.75) is 50.9 Å². The van der Waals surface area contributed by atoms with Gasteiger partial charge in [0, 0.05) is 27.9 Å². The van der Waals surface area contributed by atoms with E-state index >= 15 is 0 Å². The van der Waals surface area contributed by atoms with Crippen molar-refractivity contribution in [3.8, 4) is 33.4 Å². The summed E-state index contributed by atoms with van der Waals surface area (Å²) in [5.74, 6) is 0. The molecule has 1 heteroatoms. The first-order valence-electron chi connectivity index (χ1n) is 20.3. The van der Waals surface area contributed by atoms with Gasteiger partial charge in [0.1, 0.15) is 0 Å². The molecule has 57 heavy (non-hydrogen) atoms. The molecule has 0 heterocycles. The van der Waals surface area contributed by atoms with Crippen LogP contribution in [0.3, 0.4) is 0 Å².